The maximum atomic E-state index is 5.92. The second-order valence-corrected chi connectivity index (χ2v) is 3.91. The normalized spacial score (nSPS) is 19.2. The molecule has 70 valence electrons. The smallest absolute Gasteiger partial charge is 0.158 e. The molecule has 2 rings (SSSR count). The molecule has 0 heterocycles. The first-order valence-corrected chi connectivity index (χ1v) is 4.79. The molecule has 1 fully saturated rings. The highest BCUT2D eigenvalue weighted by molar-refractivity contribution is 6.30. The molecule has 0 atom stereocenters. The fourth-order valence-corrected chi connectivity index (χ4v) is 1.49. The molecule has 1 saturated carbocycles. The van der Waals surface area contributed by atoms with Gasteiger partial charge in [-0.25, -0.2) is 0 Å². The number of rotatable bonds is 2. The van der Waals surface area contributed by atoms with Crippen molar-refractivity contribution >= 4 is 11.6 Å². The molecule has 0 aliphatic heterocycles. The molecule has 0 aromatic heterocycles. The Kier molecular flexibility index (Phi) is 2.18. The van der Waals surface area contributed by atoms with Crippen LogP contribution in [0.25, 0.3) is 0 Å². The predicted octanol–water partition coefficient (Wildman–Crippen LogP) is 2.56. The minimum absolute atomic E-state index is 0.423. The molecule has 0 amide bonds. The van der Waals surface area contributed by atoms with Crippen LogP contribution in [-0.2, 0) is 0 Å². The highest BCUT2D eigenvalue weighted by Crippen LogP contribution is 2.32. The third-order valence-electron chi connectivity index (χ3n) is 2.33. The quantitative estimate of drug-likeness (QED) is 0.740. The first-order chi connectivity index (χ1) is 6.18. The number of ether oxygens (including phenoxy) is 1. The highest BCUT2D eigenvalue weighted by atomic mass is 35.5. The fraction of sp³-hybridized carbons (Fsp3) is 0.400. The van der Waals surface area contributed by atoms with E-state index in [2.05, 4.69) is 0 Å². The first-order valence-electron chi connectivity index (χ1n) is 4.41. The molecule has 3 heteroatoms. The average molecular weight is 198 g/mol. The van der Waals surface area contributed by atoms with Crippen LogP contribution in [0.4, 0.5) is 0 Å². The Labute approximate surface area is 82.6 Å². The van der Waals surface area contributed by atoms with Crippen molar-refractivity contribution in [2.24, 2.45) is 5.73 Å². The number of hydrogen-bond donors (Lipinski definition) is 1. The Morgan fingerprint density at radius 2 is 1.85 bits per heavy atom. The molecule has 1 aromatic rings. The molecule has 0 unspecified atom stereocenters. The summed E-state index contributed by atoms with van der Waals surface area (Å²) in [6.45, 7) is 0. The van der Waals surface area contributed by atoms with Crippen LogP contribution >= 0.6 is 11.6 Å². The van der Waals surface area contributed by atoms with Gasteiger partial charge >= 0.3 is 0 Å². The standard InChI is InChI=1S/C10H12ClNO/c11-8-2-4-9(5-3-8)13-10(12)6-1-7-10/h2-5H,1,6-7,12H2. The van der Waals surface area contributed by atoms with Crippen LogP contribution in [0.3, 0.4) is 0 Å². The van der Waals surface area contributed by atoms with Crippen molar-refractivity contribution in [2.45, 2.75) is 25.0 Å². The van der Waals surface area contributed by atoms with Gasteiger partial charge in [0.25, 0.3) is 0 Å². The number of hydrogen-bond acceptors (Lipinski definition) is 2. The zero-order chi connectivity index (χ0) is 9.31. The molecular formula is C10H12ClNO. The molecule has 1 aromatic carbocycles. The lowest BCUT2D eigenvalue weighted by Gasteiger charge is -2.37. The van der Waals surface area contributed by atoms with Gasteiger partial charge in [0.05, 0.1) is 0 Å². The molecule has 0 bridgehead atoms. The number of nitrogens with two attached hydrogens (primary N) is 1. The second-order valence-electron chi connectivity index (χ2n) is 3.47. The minimum Gasteiger partial charge on any atom is -0.473 e. The molecule has 0 radical (unpaired) electrons. The van der Waals surface area contributed by atoms with Crippen LogP contribution in [-0.4, -0.2) is 5.72 Å². The second kappa shape index (κ2) is 3.20. The van der Waals surface area contributed by atoms with Crippen LogP contribution in [0.1, 0.15) is 19.3 Å². The first kappa shape index (κ1) is 8.85. The van der Waals surface area contributed by atoms with Gasteiger partial charge in [-0.05, 0) is 30.7 Å². The lowest BCUT2D eigenvalue weighted by molar-refractivity contribution is -0.000905. The van der Waals surface area contributed by atoms with Crippen LogP contribution in [0.15, 0.2) is 24.3 Å². The topological polar surface area (TPSA) is 35.2 Å². The summed E-state index contributed by atoms with van der Waals surface area (Å²) < 4.78 is 5.61. The molecule has 1 aliphatic carbocycles. The van der Waals surface area contributed by atoms with Crippen molar-refractivity contribution in [3.8, 4) is 5.75 Å². The van der Waals surface area contributed by atoms with E-state index in [0.29, 0.717) is 5.02 Å². The molecule has 13 heavy (non-hydrogen) atoms. The largest absolute Gasteiger partial charge is 0.473 e. The number of halogens is 1. The van der Waals surface area contributed by atoms with E-state index in [0.717, 1.165) is 25.0 Å². The molecular weight excluding hydrogens is 186 g/mol. The van der Waals surface area contributed by atoms with Crippen molar-refractivity contribution in [2.75, 3.05) is 0 Å². The van der Waals surface area contributed by atoms with E-state index in [9.17, 15) is 0 Å². The Hall–Kier alpha value is -0.730. The summed E-state index contributed by atoms with van der Waals surface area (Å²) in [5.41, 5.74) is 5.49. The minimum atomic E-state index is -0.423. The summed E-state index contributed by atoms with van der Waals surface area (Å²) >= 11 is 5.74. The van der Waals surface area contributed by atoms with E-state index in [1.165, 1.54) is 0 Å². The van der Waals surface area contributed by atoms with E-state index >= 15 is 0 Å². The fourth-order valence-electron chi connectivity index (χ4n) is 1.36. The van der Waals surface area contributed by atoms with Crippen LogP contribution in [0, 0.1) is 0 Å². The van der Waals surface area contributed by atoms with Gasteiger partial charge in [0.2, 0.25) is 0 Å². The maximum absolute atomic E-state index is 5.92. The Morgan fingerprint density at radius 3 is 2.31 bits per heavy atom. The molecule has 0 spiro atoms. The van der Waals surface area contributed by atoms with Gasteiger partial charge in [-0.15, -0.1) is 0 Å². The van der Waals surface area contributed by atoms with Crippen LogP contribution in [0.2, 0.25) is 5.02 Å². The highest BCUT2D eigenvalue weighted by Gasteiger charge is 2.34. The SMILES string of the molecule is NC1(Oc2ccc(Cl)cc2)CCC1. The number of benzene rings is 1. The summed E-state index contributed by atoms with van der Waals surface area (Å²) in [6, 6.07) is 7.29. The lowest BCUT2D eigenvalue weighted by Crippen LogP contribution is -2.51. The van der Waals surface area contributed by atoms with Crippen LogP contribution < -0.4 is 10.5 Å². The van der Waals surface area contributed by atoms with Crippen molar-refractivity contribution in [3.63, 3.8) is 0 Å². The Bertz CT molecular complexity index is 292. The molecule has 0 saturated heterocycles. The zero-order valence-electron chi connectivity index (χ0n) is 7.29. The van der Waals surface area contributed by atoms with Gasteiger partial charge in [0.15, 0.2) is 5.72 Å². The third-order valence-corrected chi connectivity index (χ3v) is 2.59. The Morgan fingerprint density at radius 1 is 1.23 bits per heavy atom. The summed E-state index contributed by atoms with van der Waals surface area (Å²) in [5.74, 6) is 0.798. The van der Waals surface area contributed by atoms with Crippen molar-refractivity contribution < 1.29 is 4.74 Å². The van der Waals surface area contributed by atoms with Crippen LogP contribution in [0.5, 0.6) is 5.75 Å². The van der Waals surface area contributed by atoms with Gasteiger partial charge in [-0.3, -0.25) is 5.73 Å². The summed E-state index contributed by atoms with van der Waals surface area (Å²) in [4.78, 5) is 0. The van der Waals surface area contributed by atoms with E-state index < -0.39 is 5.72 Å². The van der Waals surface area contributed by atoms with E-state index in [1.807, 2.05) is 12.1 Å². The lowest BCUT2D eigenvalue weighted by atomic mass is 9.89. The van der Waals surface area contributed by atoms with Gasteiger partial charge in [-0.1, -0.05) is 11.6 Å². The van der Waals surface area contributed by atoms with Gasteiger partial charge in [-0.2, -0.15) is 0 Å². The summed E-state index contributed by atoms with van der Waals surface area (Å²) in [6.07, 6.45) is 3.04. The summed E-state index contributed by atoms with van der Waals surface area (Å²) in [7, 11) is 0. The van der Waals surface area contributed by atoms with E-state index in [4.69, 9.17) is 22.1 Å². The Balaban J connectivity index is 2.05. The monoisotopic (exact) mass is 197 g/mol. The average Bonchev–Trinajstić information content (AvgIpc) is 2.06. The van der Waals surface area contributed by atoms with Crippen molar-refractivity contribution in [1.82, 2.24) is 0 Å². The van der Waals surface area contributed by atoms with E-state index in [1.54, 1.807) is 12.1 Å². The van der Waals surface area contributed by atoms with Crippen molar-refractivity contribution in [3.05, 3.63) is 29.3 Å². The van der Waals surface area contributed by atoms with Gasteiger partial charge in [0.1, 0.15) is 5.75 Å². The third kappa shape index (κ3) is 1.95. The molecule has 2 nitrogen and oxygen atoms in total. The predicted molar refractivity (Wildman–Crippen MR) is 52.8 cm³/mol. The summed E-state index contributed by atoms with van der Waals surface area (Å²) in [5, 5.41) is 0.715. The van der Waals surface area contributed by atoms with Gasteiger partial charge in [0, 0.05) is 17.9 Å². The maximum Gasteiger partial charge on any atom is 0.158 e. The molecule has 1 aliphatic rings. The van der Waals surface area contributed by atoms with E-state index in [-0.39, 0.29) is 0 Å². The molecule has 2 N–H and O–H groups in total. The van der Waals surface area contributed by atoms with Gasteiger partial charge < -0.3 is 4.74 Å². The zero-order valence-corrected chi connectivity index (χ0v) is 8.05. The van der Waals surface area contributed by atoms with Crippen molar-refractivity contribution in [1.29, 1.82) is 0 Å².